The molecule has 9 N–H and O–H groups in total. The number of thioether (sulfide) groups is 1. The van der Waals surface area contributed by atoms with Crippen LogP contribution in [0.25, 0.3) is 0 Å². The smallest absolute Gasteiger partial charge is 0.417 e. The number of aliphatic hydroxyl groups is 1. The van der Waals surface area contributed by atoms with E-state index in [1.165, 1.54) is 25.8 Å². The number of benzene rings is 6. The van der Waals surface area contributed by atoms with Gasteiger partial charge in [-0.1, -0.05) is 170 Å². The summed E-state index contributed by atoms with van der Waals surface area (Å²) in [5.41, 5.74) is 16.0. The number of carbonyl (C=O) groups is 7. The number of nitrogens with zero attached hydrogens (tertiary/aromatic N) is 1. The largest absolute Gasteiger partial charge is 0.497 e. The number of hydrogen-bond acceptors (Lipinski definition) is 16. The van der Waals surface area contributed by atoms with Crippen molar-refractivity contribution in [2.24, 2.45) is 11.5 Å². The van der Waals surface area contributed by atoms with Gasteiger partial charge < -0.3 is 66.3 Å². The van der Waals surface area contributed by atoms with Gasteiger partial charge in [0.2, 0.25) is 23.6 Å². The molecule has 0 aliphatic carbocycles. The van der Waals surface area contributed by atoms with Gasteiger partial charge in [-0.15, -0.1) is 0 Å². The highest BCUT2D eigenvalue weighted by Crippen LogP contribution is 2.24. The molecule has 0 bridgehead atoms. The van der Waals surface area contributed by atoms with Crippen molar-refractivity contribution in [3.8, 4) is 5.75 Å². The highest BCUT2D eigenvalue weighted by molar-refractivity contribution is 7.98. The van der Waals surface area contributed by atoms with Gasteiger partial charge in [0.25, 0.3) is 5.91 Å². The van der Waals surface area contributed by atoms with Crippen LogP contribution in [0.2, 0.25) is 5.02 Å². The number of amides is 6. The Bertz CT molecular complexity index is 3140. The summed E-state index contributed by atoms with van der Waals surface area (Å²) in [6.45, 7) is 2.45. The number of aldehydes is 1. The summed E-state index contributed by atoms with van der Waals surface area (Å²) in [5.74, 6) is -3.77. The summed E-state index contributed by atoms with van der Waals surface area (Å²) in [6, 6.07) is 40.7. The zero-order chi connectivity index (χ0) is 63.9. The number of carbonyl (C=O) groups excluding carboxylic acids is 7. The standard InChI is InChI=1S/C67H80ClN7O13S/c1-45(86-39-49-24-12-6-13-25-49)60(73-62(78)55(70)30-18-19-35-69)64(80)71-56(36-47-20-8-4-9-21-47)63(79)74-61(46(2)87-40-50-26-14-7-15-27-50)65(81)72-57(42-85-38-48-22-10-5-11-23-48)66(82)75(67(83)88-41-52-28-16-17-29-54(52)68)58(59(77)37-76)44-89-43-51-31-33-53(84-3)34-32-51/h4-17,20-29,31-34,37,45-46,55-61,77H,18-19,30,35-36,38-44,69-70H2,1-3H3,(H,71,80)(H,72,81)(H,73,78)(H,74,79)/t45-,46-,55+,56+,57-,58+,59?,60+,61+/m1/s1. The summed E-state index contributed by atoms with van der Waals surface area (Å²) in [5, 5.41) is 22.8. The Morgan fingerprint density at radius 3 is 1.64 bits per heavy atom. The third kappa shape index (κ3) is 23.2. The van der Waals surface area contributed by atoms with Crippen LogP contribution in [0.15, 0.2) is 170 Å². The fourth-order valence-corrected chi connectivity index (χ4v) is 10.5. The molecule has 6 aromatic rings. The second-order valence-electron chi connectivity index (χ2n) is 21.1. The molecular weight excluding hydrogens is 1180 g/mol. The number of hydrogen-bond donors (Lipinski definition) is 7. The number of ether oxygens (including phenoxy) is 5. The quantitative estimate of drug-likeness (QED) is 0.0157. The summed E-state index contributed by atoms with van der Waals surface area (Å²) in [4.78, 5) is 103. The van der Waals surface area contributed by atoms with Crippen molar-refractivity contribution in [3.63, 3.8) is 0 Å². The van der Waals surface area contributed by atoms with Crippen molar-refractivity contribution in [1.29, 1.82) is 0 Å². The van der Waals surface area contributed by atoms with Crippen molar-refractivity contribution in [3.05, 3.63) is 208 Å². The van der Waals surface area contributed by atoms with E-state index in [1.807, 2.05) is 48.5 Å². The van der Waals surface area contributed by atoms with Crippen LogP contribution in [0.1, 0.15) is 66.5 Å². The van der Waals surface area contributed by atoms with Crippen LogP contribution in [0, 0.1) is 0 Å². The van der Waals surface area contributed by atoms with E-state index in [0.717, 1.165) is 11.1 Å². The molecule has 0 aromatic heterocycles. The predicted molar refractivity (Wildman–Crippen MR) is 340 cm³/mol. The third-order valence-electron chi connectivity index (χ3n) is 14.4. The maximum atomic E-state index is 15.5. The number of methoxy groups -OCH3 is 1. The summed E-state index contributed by atoms with van der Waals surface area (Å²) in [7, 11) is 1.53. The fourth-order valence-electron chi connectivity index (χ4n) is 9.18. The van der Waals surface area contributed by atoms with Crippen molar-refractivity contribution >= 4 is 65.3 Å². The van der Waals surface area contributed by atoms with Crippen molar-refractivity contribution in [2.45, 2.75) is 126 Å². The minimum atomic E-state index is -1.96. The Labute approximate surface area is 529 Å². The Balaban J connectivity index is 1.37. The van der Waals surface area contributed by atoms with E-state index in [0.29, 0.717) is 58.0 Å². The number of imide groups is 1. The van der Waals surface area contributed by atoms with Crippen LogP contribution in [0.4, 0.5) is 4.79 Å². The first-order valence-corrected chi connectivity index (χ1v) is 30.8. The molecule has 0 heterocycles. The molecule has 6 rings (SSSR count). The zero-order valence-corrected chi connectivity index (χ0v) is 51.7. The lowest BCUT2D eigenvalue weighted by Crippen LogP contribution is -2.64. The van der Waals surface area contributed by atoms with Gasteiger partial charge in [0, 0.05) is 28.5 Å². The van der Waals surface area contributed by atoms with E-state index in [2.05, 4.69) is 21.3 Å². The molecule has 0 aliphatic heterocycles. The molecular formula is C67H80ClN7O13S. The van der Waals surface area contributed by atoms with Gasteiger partial charge in [-0.05, 0) is 79.3 Å². The van der Waals surface area contributed by atoms with Gasteiger partial charge in [-0.2, -0.15) is 11.8 Å². The van der Waals surface area contributed by atoms with Gasteiger partial charge in [0.1, 0.15) is 42.6 Å². The minimum absolute atomic E-state index is 0.0461. The lowest BCUT2D eigenvalue weighted by atomic mass is 10.0. The van der Waals surface area contributed by atoms with Crippen LogP contribution in [0.3, 0.4) is 0 Å². The molecule has 9 atom stereocenters. The third-order valence-corrected chi connectivity index (χ3v) is 15.9. The van der Waals surface area contributed by atoms with Crippen molar-refractivity contribution in [2.75, 3.05) is 26.0 Å². The predicted octanol–water partition coefficient (Wildman–Crippen LogP) is 6.74. The van der Waals surface area contributed by atoms with Crippen LogP contribution in [0.5, 0.6) is 5.75 Å². The second kappa shape index (κ2) is 37.8. The van der Waals surface area contributed by atoms with E-state index in [1.54, 1.807) is 128 Å². The van der Waals surface area contributed by atoms with Crippen LogP contribution in [-0.4, -0.2) is 132 Å². The van der Waals surface area contributed by atoms with E-state index in [-0.39, 0.29) is 49.7 Å². The van der Waals surface area contributed by atoms with Crippen molar-refractivity contribution in [1.82, 2.24) is 26.2 Å². The van der Waals surface area contributed by atoms with E-state index in [4.69, 9.17) is 46.8 Å². The topological polar surface area (TPSA) is 289 Å². The van der Waals surface area contributed by atoms with Crippen LogP contribution in [-0.2, 0) is 86.3 Å². The van der Waals surface area contributed by atoms with Crippen LogP contribution >= 0.6 is 23.4 Å². The molecule has 0 fully saturated rings. The average molecular weight is 1260 g/mol. The Morgan fingerprint density at radius 2 is 1.11 bits per heavy atom. The molecule has 89 heavy (non-hydrogen) atoms. The number of rotatable bonds is 37. The van der Waals surface area contributed by atoms with E-state index in [9.17, 15) is 24.3 Å². The lowest BCUT2D eigenvalue weighted by molar-refractivity contribution is -0.143. The zero-order valence-electron chi connectivity index (χ0n) is 50.2. The lowest BCUT2D eigenvalue weighted by Gasteiger charge is -2.34. The number of unbranched alkanes of at least 4 members (excludes halogenated alkanes) is 1. The molecule has 22 heteroatoms. The summed E-state index contributed by atoms with van der Waals surface area (Å²) in [6.07, 6.45) is -3.89. The molecule has 0 spiro atoms. The molecule has 0 aliphatic rings. The van der Waals surface area contributed by atoms with Gasteiger partial charge >= 0.3 is 6.09 Å². The maximum Gasteiger partial charge on any atom is 0.417 e. The Hall–Kier alpha value is -7.99. The Kier molecular flexibility index (Phi) is 29.7. The maximum absolute atomic E-state index is 15.5. The molecule has 0 saturated carbocycles. The average Bonchev–Trinajstić information content (AvgIpc) is 2.36. The number of nitrogens with two attached hydrogens (primary N) is 2. The number of nitrogens with one attached hydrogen (secondary N) is 4. The summed E-state index contributed by atoms with van der Waals surface area (Å²) < 4.78 is 29.7. The second-order valence-corrected chi connectivity index (χ2v) is 22.5. The van der Waals surface area contributed by atoms with E-state index < -0.39 is 103 Å². The molecule has 6 aromatic carbocycles. The van der Waals surface area contributed by atoms with E-state index >= 15 is 14.4 Å². The highest BCUT2D eigenvalue weighted by atomic mass is 35.5. The normalized spacial score (nSPS) is 14.2. The monoisotopic (exact) mass is 1260 g/mol. The molecule has 6 amide bonds. The number of aliphatic hydroxyl groups excluding tert-OH is 1. The molecule has 474 valence electrons. The van der Waals surface area contributed by atoms with Gasteiger partial charge in [0.05, 0.1) is 57.8 Å². The minimum Gasteiger partial charge on any atom is -0.497 e. The highest BCUT2D eigenvalue weighted by Gasteiger charge is 2.42. The Morgan fingerprint density at radius 1 is 0.607 bits per heavy atom. The first kappa shape index (κ1) is 70.1. The molecule has 1 unspecified atom stereocenters. The van der Waals surface area contributed by atoms with Gasteiger partial charge in [0.15, 0.2) is 6.29 Å². The van der Waals surface area contributed by atoms with Gasteiger partial charge in [-0.25, -0.2) is 9.69 Å². The first-order valence-electron chi connectivity index (χ1n) is 29.3. The van der Waals surface area contributed by atoms with Crippen LogP contribution < -0.4 is 37.5 Å². The first-order chi connectivity index (χ1) is 43.1. The van der Waals surface area contributed by atoms with Crippen molar-refractivity contribution < 1.29 is 62.4 Å². The molecule has 20 nitrogen and oxygen atoms in total. The molecule has 0 saturated heterocycles. The SMILES string of the molecule is COc1ccc(CSC[C@@H](C(O)C=O)N(C(=O)OCc2ccccc2Cl)C(=O)[C@@H](COCc2ccccc2)NC(=O)[C@@H](NC(=O)[C@H](Cc2ccccc2)NC(=O)[C@@H](NC(=O)[C@@H](N)CCCCN)[C@@H](C)OCc2ccccc2)[C@@H](C)OCc2ccccc2)cc1. The fraction of sp³-hybridized carbons (Fsp3) is 0.358. The summed E-state index contributed by atoms with van der Waals surface area (Å²) >= 11 is 7.66. The number of halogens is 1. The van der Waals surface area contributed by atoms with Gasteiger partial charge in [-0.3, -0.25) is 24.0 Å². The molecule has 0 radical (unpaired) electrons.